The number of likely N-dealkylation sites (tertiary alicyclic amines) is 2. The van der Waals surface area contributed by atoms with Crippen molar-refractivity contribution in [1.29, 1.82) is 0 Å². The molecule has 4 aliphatic heterocycles. The molecule has 68 heavy (non-hydrogen) atoms. The molecule has 16 nitrogen and oxygen atoms in total. The van der Waals surface area contributed by atoms with Crippen molar-refractivity contribution >= 4 is 109 Å². The number of nitrogens with one attached hydrogen (secondary N) is 4. The summed E-state index contributed by atoms with van der Waals surface area (Å²) in [5.74, 6) is 2.85. The molecule has 0 bridgehead atoms. The number of thiophene rings is 2. The van der Waals surface area contributed by atoms with Crippen molar-refractivity contribution in [2.24, 2.45) is 5.92 Å². The van der Waals surface area contributed by atoms with E-state index in [-0.39, 0.29) is 0 Å². The highest BCUT2D eigenvalue weighted by atomic mass is 32.2. The normalized spacial score (nSPS) is 18.1. The first-order valence-corrected chi connectivity index (χ1v) is 28.3. The van der Waals surface area contributed by atoms with Gasteiger partial charge >= 0.3 is 0 Å². The molecule has 0 radical (unpaired) electrons. The maximum absolute atomic E-state index is 14.6. The zero-order valence-electron chi connectivity index (χ0n) is 39.7. The van der Waals surface area contributed by atoms with E-state index in [0.717, 1.165) is 100 Å². The number of nitrogens with zero attached hydrogens (tertiary/aromatic N) is 8. The summed E-state index contributed by atoms with van der Waals surface area (Å²) in [6, 6.07) is 16.2. The lowest BCUT2D eigenvalue weighted by Gasteiger charge is -2.39. The smallest absolute Gasteiger partial charge is 0.241 e. The van der Waals surface area contributed by atoms with Crippen LogP contribution in [0, 0.1) is 5.92 Å². The van der Waals surface area contributed by atoms with E-state index in [1.807, 2.05) is 73.1 Å². The minimum absolute atomic E-state index is 0.315. The van der Waals surface area contributed by atoms with Gasteiger partial charge < -0.3 is 31.1 Å². The predicted molar refractivity (Wildman–Crippen MR) is 280 cm³/mol. The van der Waals surface area contributed by atoms with E-state index in [9.17, 15) is 16.8 Å². The van der Waals surface area contributed by atoms with Gasteiger partial charge in [0.25, 0.3) is 0 Å². The van der Waals surface area contributed by atoms with E-state index in [4.69, 9.17) is 19.9 Å². The number of aromatic nitrogens is 4. The zero-order chi connectivity index (χ0) is 47.6. The second-order valence-electron chi connectivity index (χ2n) is 20.4. The Hall–Kier alpha value is -4.86. The van der Waals surface area contributed by atoms with Crippen LogP contribution in [-0.2, 0) is 32.9 Å². The van der Waals surface area contributed by atoms with E-state index >= 15 is 0 Å². The van der Waals surface area contributed by atoms with Gasteiger partial charge in [0.1, 0.15) is 21.3 Å². The van der Waals surface area contributed by atoms with Gasteiger partial charge in [-0.2, -0.15) is 9.97 Å². The van der Waals surface area contributed by atoms with Gasteiger partial charge in [-0.25, -0.2) is 26.8 Å². The molecule has 4 N–H and O–H groups in total. The average Bonchev–Trinajstić information content (AvgIpc) is 4.13. The van der Waals surface area contributed by atoms with Crippen molar-refractivity contribution in [2.75, 3.05) is 89.3 Å². The summed E-state index contributed by atoms with van der Waals surface area (Å²) < 4.78 is 57.4. The van der Waals surface area contributed by atoms with Crippen molar-refractivity contribution in [2.45, 2.75) is 88.7 Å². The number of anilines is 8. The molecular weight excluding hydrogens is 937 g/mol. The van der Waals surface area contributed by atoms with Crippen LogP contribution in [0.15, 0.2) is 59.3 Å². The number of fused-ring (bicyclic) bond motifs is 4. The van der Waals surface area contributed by atoms with Crippen LogP contribution in [0.5, 0.6) is 0 Å². The lowest BCUT2D eigenvalue weighted by molar-refractivity contribution is 0.177. The Kier molecular flexibility index (Phi) is 12.5. The van der Waals surface area contributed by atoms with Gasteiger partial charge in [0.05, 0.1) is 31.6 Å². The first-order chi connectivity index (χ1) is 32.4. The monoisotopic (exact) mass is 998 g/mol. The average molecular weight is 999 g/mol. The number of benzene rings is 2. The van der Waals surface area contributed by atoms with E-state index in [1.54, 1.807) is 52.1 Å². The van der Waals surface area contributed by atoms with Gasteiger partial charge in [0.2, 0.25) is 31.9 Å². The quantitative estimate of drug-likeness (QED) is 0.0816. The molecule has 20 heteroatoms. The molecular formula is C48H62N12O4S4. The molecule has 6 aromatic rings. The van der Waals surface area contributed by atoms with Crippen LogP contribution in [0.3, 0.4) is 0 Å². The Morgan fingerprint density at radius 2 is 1.18 bits per heavy atom. The Labute approximate surface area is 408 Å². The molecule has 0 amide bonds. The lowest BCUT2D eigenvalue weighted by atomic mass is 9.96. The Morgan fingerprint density at radius 1 is 0.647 bits per heavy atom. The maximum Gasteiger partial charge on any atom is 0.241 e. The van der Waals surface area contributed by atoms with Gasteiger partial charge in [-0.05, 0) is 171 Å². The summed E-state index contributed by atoms with van der Waals surface area (Å²) in [6.45, 7) is 14.5. The van der Waals surface area contributed by atoms with E-state index in [0.29, 0.717) is 80.2 Å². The predicted octanol–water partition coefficient (Wildman–Crippen LogP) is 8.48. The lowest BCUT2D eigenvalue weighted by Crippen LogP contribution is -2.52. The summed E-state index contributed by atoms with van der Waals surface area (Å²) in [6.07, 6.45) is 5.23. The minimum atomic E-state index is -3.75. The van der Waals surface area contributed by atoms with Gasteiger partial charge in [0, 0.05) is 43.6 Å². The molecule has 0 atom stereocenters. The summed E-state index contributed by atoms with van der Waals surface area (Å²) in [4.78, 5) is 25.9. The fraction of sp³-hybridized carbons (Fsp3) is 0.500. The van der Waals surface area contributed by atoms with Crippen molar-refractivity contribution < 1.29 is 16.8 Å². The van der Waals surface area contributed by atoms with Crippen molar-refractivity contribution in [1.82, 2.24) is 29.7 Å². The summed E-state index contributed by atoms with van der Waals surface area (Å²) in [5, 5.41) is 19.9. The fourth-order valence-electron chi connectivity index (χ4n) is 9.84. The van der Waals surface area contributed by atoms with Gasteiger partial charge in [-0.1, -0.05) is 12.1 Å². The van der Waals surface area contributed by atoms with E-state index in [1.165, 1.54) is 0 Å². The SMILES string of the molecule is CN1CCC(Nc2nc(Nc3ccc4c(c3)N(S(=O)(=O)C(C)(C)CN3CCC(CNc5nc(Nc6ccc7c(c6)N(S(=O)(=O)C(C)(C)C)CC7)c6ccsc6n5)CC3)CC4)c3ccsc3n2)CC1. The Morgan fingerprint density at radius 3 is 1.74 bits per heavy atom. The minimum Gasteiger partial charge on any atom is -0.354 e. The highest BCUT2D eigenvalue weighted by molar-refractivity contribution is 7.94. The van der Waals surface area contributed by atoms with E-state index in [2.05, 4.69) is 38.1 Å². The Balaban J connectivity index is 0.763. The van der Waals surface area contributed by atoms with Crippen LogP contribution in [0.1, 0.15) is 71.4 Å². The molecule has 2 fully saturated rings. The van der Waals surface area contributed by atoms with Gasteiger partial charge in [-0.3, -0.25) is 8.61 Å². The van der Waals surface area contributed by atoms with Crippen LogP contribution < -0.4 is 29.9 Å². The largest absolute Gasteiger partial charge is 0.354 e. The zero-order valence-corrected chi connectivity index (χ0v) is 42.9. The molecule has 2 aromatic carbocycles. The molecule has 8 heterocycles. The topological polar surface area (TPSA) is 181 Å². The van der Waals surface area contributed by atoms with Gasteiger partial charge in [-0.15, -0.1) is 22.7 Å². The second-order valence-corrected chi connectivity index (χ2v) is 27.3. The van der Waals surface area contributed by atoms with Crippen LogP contribution in [0.4, 0.5) is 46.3 Å². The Bertz CT molecular complexity index is 3060. The third kappa shape index (κ3) is 9.19. The third-order valence-corrected chi connectivity index (χ3v) is 20.6. The molecule has 2 saturated heterocycles. The van der Waals surface area contributed by atoms with Crippen LogP contribution in [-0.4, -0.2) is 122 Å². The first-order valence-electron chi connectivity index (χ1n) is 23.7. The molecule has 0 spiro atoms. The number of rotatable bonds is 14. The van der Waals surface area contributed by atoms with Gasteiger partial charge in [0.15, 0.2) is 0 Å². The van der Waals surface area contributed by atoms with Crippen molar-refractivity contribution in [3.05, 3.63) is 70.4 Å². The summed E-state index contributed by atoms with van der Waals surface area (Å²) in [5.41, 5.74) is 5.00. The van der Waals surface area contributed by atoms with Crippen LogP contribution in [0.2, 0.25) is 0 Å². The van der Waals surface area contributed by atoms with Crippen molar-refractivity contribution in [3.63, 3.8) is 0 Å². The number of sulfonamides is 2. The van der Waals surface area contributed by atoms with Crippen LogP contribution >= 0.6 is 22.7 Å². The maximum atomic E-state index is 14.6. The molecule has 0 saturated carbocycles. The number of piperidine rings is 2. The summed E-state index contributed by atoms with van der Waals surface area (Å²) >= 11 is 3.13. The fourth-order valence-corrected chi connectivity index (χ4v) is 14.5. The molecule has 10 rings (SSSR count). The molecule has 0 unspecified atom stereocenters. The van der Waals surface area contributed by atoms with E-state index < -0.39 is 29.5 Å². The first kappa shape index (κ1) is 46.8. The number of hydrogen-bond acceptors (Lipinski definition) is 16. The highest BCUT2D eigenvalue weighted by Crippen LogP contribution is 2.40. The number of hydrogen-bond donors (Lipinski definition) is 4. The molecule has 362 valence electrons. The highest BCUT2D eigenvalue weighted by Gasteiger charge is 2.44. The van der Waals surface area contributed by atoms with Crippen molar-refractivity contribution in [3.8, 4) is 0 Å². The van der Waals surface area contributed by atoms with Crippen LogP contribution in [0.25, 0.3) is 20.4 Å². The third-order valence-electron chi connectivity index (χ3n) is 14.0. The molecule has 4 aliphatic rings. The molecule has 0 aliphatic carbocycles. The summed E-state index contributed by atoms with van der Waals surface area (Å²) in [7, 11) is -5.14. The second kappa shape index (κ2) is 18.1. The standard InChI is InChI=1S/C48H62N12O4S4/c1-47(2,3)67(61,62)59-23-13-32-7-9-35(27-39(32)59)50-41-37-17-25-65-43(37)55-45(53-41)49-29-31-11-21-58(22-12-31)30-48(4,5)68(63,64)60-24-14-33-8-10-36(28-40(33)60)51-42-38-18-26-66-44(38)56-46(54-42)52-34-15-19-57(6)20-16-34/h7-10,17-18,25-28,31,34H,11-16,19-24,29-30H2,1-6H3,(H2,49,50,53,55)(H2,51,52,54,56). The molecule has 4 aromatic heterocycles.